The van der Waals surface area contributed by atoms with Crippen LogP contribution in [0.4, 0.5) is 5.69 Å². The Morgan fingerprint density at radius 2 is 1.42 bits per heavy atom. The normalized spacial score (nSPS) is 13.9. The number of carbonyl (C=O) groups is 2. The van der Waals surface area contributed by atoms with Crippen LogP contribution in [0.25, 0.3) is 5.57 Å². The Morgan fingerprint density at radius 1 is 0.774 bits per heavy atom. The van der Waals surface area contributed by atoms with E-state index in [1.807, 2.05) is 76.2 Å². The van der Waals surface area contributed by atoms with E-state index in [0.717, 1.165) is 33.5 Å². The summed E-state index contributed by atoms with van der Waals surface area (Å²) in [6.07, 6.45) is 3.32. The minimum absolute atomic E-state index is 0.201. The van der Waals surface area contributed by atoms with Crippen molar-refractivity contribution in [2.75, 3.05) is 5.32 Å². The molecule has 2 aromatic carbocycles. The van der Waals surface area contributed by atoms with Gasteiger partial charge in [-0.25, -0.2) is 0 Å². The zero-order chi connectivity index (χ0) is 22.1. The monoisotopic (exact) mass is 411 g/mol. The predicted molar refractivity (Wildman–Crippen MR) is 122 cm³/mol. The molecule has 0 atom stereocenters. The van der Waals surface area contributed by atoms with Crippen LogP contribution in [0, 0.1) is 27.7 Å². The number of nitrogens with zero attached hydrogens (tertiary/aromatic N) is 2. The van der Waals surface area contributed by atoms with Crippen LogP contribution >= 0.6 is 0 Å². The molecule has 0 aliphatic carbocycles. The second kappa shape index (κ2) is 8.19. The maximum Gasteiger partial charge on any atom is 0.278 e. The van der Waals surface area contributed by atoms with E-state index >= 15 is 0 Å². The number of amides is 2. The predicted octanol–water partition coefficient (Wildman–Crippen LogP) is 4.71. The molecule has 0 spiro atoms. The van der Waals surface area contributed by atoms with Gasteiger partial charge in [-0.2, -0.15) is 0 Å². The molecule has 3 aromatic rings. The van der Waals surface area contributed by atoms with Gasteiger partial charge in [-0.15, -0.1) is 0 Å². The lowest BCUT2D eigenvalue weighted by Gasteiger charge is -2.15. The molecule has 0 bridgehead atoms. The third-order valence-corrected chi connectivity index (χ3v) is 5.83. The molecule has 2 heterocycles. The van der Waals surface area contributed by atoms with E-state index in [0.29, 0.717) is 11.3 Å². The number of aromatic nitrogens is 1. The first-order chi connectivity index (χ1) is 14.8. The van der Waals surface area contributed by atoms with Crippen molar-refractivity contribution >= 4 is 23.1 Å². The Bertz CT molecular complexity index is 1210. The second-order valence-electron chi connectivity index (χ2n) is 8.02. The van der Waals surface area contributed by atoms with Crippen molar-refractivity contribution in [3.8, 4) is 0 Å². The number of hydrogen-bond donors (Lipinski definition) is 1. The molecule has 0 fully saturated rings. The molecule has 4 rings (SSSR count). The van der Waals surface area contributed by atoms with Gasteiger partial charge < -0.3 is 5.32 Å². The van der Waals surface area contributed by atoms with Crippen molar-refractivity contribution in [1.82, 2.24) is 9.88 Å². The van der Waals surface area contributed by atoms with Crippen LogP contribution in [0.2, 0.25) is 0 Å². The second-order valence-corrected chi connectivity index (χ2v) is 8.02. The van der Waals surface area contributed by atoms with Crippen LogP contribution < -0.4 is 5.32 Å². The smallest absolute Gasteiger partial charge is 0.278 e. The molecule has 0 saturated heterocycles. The molecule has 1 N–H and O–H groups in total. The van der Waals surface area contributed by atoms with Gasteiger partial charge in [0.15, 0.2) is 0 Å². The summed E-state index contributed by atoms with van der Waals surface area (Å²) < 4.78 is 0. The first-order valence-corrected chi connectivity index (χ1v) is 10.3. The average Bonchev–Trinajstić information content (AvgIpc) is 2.98. The highest BCUT2D eigenvalue weighted by atomic mass is 16.2. The van der Waals surface area contributed by atoms with E-state index in [9.17, 15) is 9.59 Å². The highest BCUT2D eigenvalue weighted by molar-refractivity contribution is 6.36. The van der Waals surface area contributed by atoms with E-state index in [1.54, 1.807) is 12.4 Å². The molecule has 5 nitrogen and oxygen atoms in total. The number of carbonyl (C=O) groups excluding carboxylic acids is 2. The fraction of sp³-hybridized carbons (Fsp3) is 0.192. The molecule has 1 aromatic heterocycles. The van der Waals surface area contributed by atoms with Gasteiger partial charge in [0.05, 0.1) is 12.1 Å². The molecule has 0 radical (unpaired) electrons. The molecular weight excluding hydrogens is 386 g/mol. The van der Waals surface area contributed by atoms with Crippen molar-refractivity contribution < 1.29 is 9.59 Å². The number of pyridine rings is 1. The number of hydrogen-bond acceptors (Lipinski definition) is 4. The Hall–Kier alpha value is -3.73. The van der Waals surface area contributed by atoms with Crippen molar-refractivity contribution in [3.05, 3.63) is 100 Å². The molecule has 1 aliphatic rings. The zero-order valence-electron chi connectivity index (χ0n) is 18.2. The highest BCUT2D eigenvalue weighted by Crippen LogP contribution is 2.32. The molecule has 156 valence electrons. The quantitative estimate of drug-likeness (QED) is 0.618. The zero-order valence-corrected chi connectivity index (χ0v) is 18.2. The standard InChI is InChI=1S/C26H25N3O2/c1-16-5-7-21(13-18(16)3)23-24(28-22-8-6-17(2)19(4)14-22)26(31)29(25(23)30)15-20-9-11-27-12-10-20/h5-14,28H,15H2,1-4H3. The lowest BCUT2D eigenvalue weighted by atomic mass is 9.99. The van der Waals surface area contributed by atoms with E-state index in [1.165, 1.54) is 10.5 Å². The third-order valence-electron chi connectivity index (χ3n) is 5.83. The Balaban J connectivity index is 1.78. The van der Waals surface area contributed by atoms with Gasteiger partial charge in [-0.3, -0.25) is 19.5 Å². The molecule has 2 amide bonds. The van der Waals surface area contributed by atoms with Gasteiger partial charge in [-0.05, 0) is 85.3 Å². The Morgan fingerprint density at radius 3 is 2.06 bits per heavy atom. The Labute approximate surface area is 182 Å². The maximum absolute atomic E-state index is 13.4. The van der Waals surface area contributed by atoms with Crippen molar-refractivity contribution in [2.24, 2.45) is 0 Å². The van der Waals surface area contributed by atoms with Crippen LogP contribution in [0.5, 0.6) is 0 Å². The topological polar surface area (TPSA) is 62.3 Å². The summed E-state index contributed by atoms with van der Waals surface area (Å²) in [7, 11) is 0. The van der Waals surface area contributed by atoms with Gasteiger partial charge >= 0.3 is 0 Å². The SMILES string of the molecule is Cc1ccc(NC2=C(c3ccc(C)c(C)c3)C(=O)N(Cc3ccncc3)C2=O)cc1C. The lowest BCUT2D eigenvalue weighted by molar-refractivity contribution is -0.137. The molecule has 0 saturated carbocycles. The molecule has 5 heteroatoms. The summed E-state index contributed by atoms with van der Waals surface area (Å²) in [5.74, 6) is -0.621. The minimum Gasteiger partial charge on any atom is -0.350 e. The van der Waals surface area contributed by atoms with E-state index < -0.39 is 0 Å². The largest absolute Gasteiger partial charge is 0.350 e. The number of anilines is 1. The number of imide groups is 1. The first-order valence-electron chi connectivity index (χ1n) is 10.3. The van der Waals surface area contributed by atoms with Gasteiger partial charge in [0.25, 0.3) is 11.8 Å². The van der Waals surface area contributed by atoms with Crippen LogP contribution in [0.3, 0.4) is 0 Å². The lowest BCUT2D eigenvalue weighted by Crippen LogP contribution is -2.32. The van der Waals surface area contributed by atoms with Gasteiger partial charge in [0, 0.05) is 18.1 Å². The summed E-state index contributed by atoms with van der Waals surface area (Å²) in [4.78, 5) is 32.1. The van der Waals surface area contributed by atoms with E-state index in [4.69, 9.17) is 0 Å². The summed E-state index contributed by atoms with van der Waals surface area (Å²) in [5.41, 5.74) is 7.58. The average molecular weight is 412 g/mol. The number of rotatable bonds is 5. The fourth-order valence-corrected chi connectivity index (χ4v) is 3.63. The summed E-state index contributed by atoms with van der Waals surface area (Å²) in [5, 5.41) is 3.24. The van der Waals surface area contributed by atoms with Gasteiger partial charge in [0.2, 0.25) is 0 Å². The van der Waals surface area contributed by atoms with E-state index in [-0.39, 0.29) is 18.4 Å². The molecular formula is C26H25N3O2. The summed E-state index contributed by atoms with van der Waals surface area (Å²) in [6, 6.07) is 15.4. The van der Waals surface area contributed by atoms with Crippen molar-refractivity contribution in [1.29, 1.82) is 0 Å². The minimum atomic E-state index is -0.326. The number of nitrogens with one attached hydrogen (secondary N) is 1. The number of aryl methyl sites for hydroxylation is 4. The van der Waals surface area contributed by atoms with Crippen molar-refractivity contribution in [3.63, 3.8) is 0 Å². The molecule has 31 heavy (non-hydrogen) atoms. The Kier molecular flexibility index (Phi) is 5.42. The van der Waals surface area contributed by atoms with Gasteiger partial charge in [0.1, 0.15) is 5.70 Å². The van der Waals surface area contributed by atoms with Crippen LogP contribution in [0.15, 0.2) is 66.6 Å². The first kappa shape index (κ1) is 20.5. The summed E-state index contributed by atoms with van der Waals surface area (Å²) >= 11 is 0. The van der Waals surface area contributed by atoms with Crippen molar-refractivity contribution in [2.45, 2.75) is 34.2 Å². The molecule has 1 aliphatic heterocycles. The van der Waals surface area contributed by atoms with E-state index in [2.05, 4.69) is 10.3 Å². The maximum atomic E-state index is 13.4. The van der Waals surface area contributed by atoms with Crippen LogP contribution in [0.1, 0.15) is 33.4 Å². The number of benzene rings is 2. The third kappa shape index (κ3) is 3.99. The van der Waals surface area contributed by atoms with Gasteiger partial charge in [-0.1, -0.05) is 24.3 Å². The fourth-order valence-electron chi connectivity index (χ4n) is 3.63. The molecule has 0 unspecified atom stereocenters. The van der Waals surface area contributed by atoms with Crippen LogP contribution in [-0.4, -0.2) is 21.7 Å². The summed E-state index contributed by atoms with van der Waals surface area (Å²) in [6.45, 7) is 8.30. The van der Waals surface area contributed by atoms with Crippen LogP contribution in [-0.2, 0) is 16.1 Å². The highest BCUT2D eigenvalue weighted by Gasteiger charge is 2.39.